The van der Waals surface area contributed by atoms with Gasteiger partial charge in [-0.2, -0.15) is 0 Å². The van der Waals surface area contributed by atoms with Crippen molar-refractivity contribution in [3.8, 4) is 0 Å². The average Bonchev–Trinajstić information content (AvgIpc) is 2.90. The van der Waals surface area contributed by atoms with E-state index in [1.54, 1.807) is 0 Å². The lowest BCUT2D eigenvalue weighted by molar-refractivity contribution is -0.122. The van der Waals surface area contributed by atoms with Crippen LogP contribution in [0.2, 0.25) is 0 Å². The zero-order chi connectivity index (χ0) is 13.9. The molecule has 1 fully saturated rings. The fraction of sp³-hybridized carbons (Fsp3) is 0.588. The maximum atomic E-state index is 12.4. The molecule has 3 heteroatoms. The number of fused-ring (bicyclic) bond motifs is 1. The van der Waals surface area contributed by atoms with Crippen LogP contribution in [0.1, 0.15) is 44.1 Å². The Hall–Kier alpha value is -1.51. The molecule has 1 atom stereocenters. The molecule has 1 aromatic carbocycles. The van der Waals surface area contributed by atoms with E-state index in [9.17, 15) is 4.79 Å². The summed E-state index contributed by atoms with van der Waals surface area (Å²) < 4.78 is 0. The summed E-state index contributed by atoms with van der Waals surface area (Å²) in [5.41, 5.74) is 2.25. The summed E-state index contributed by atoms with van der Waals surface area (Å²) >= 11 is 0. The molecule has 0 bridgehead atoms. The molecule has 1 aliphatic carbocycles. The van der Waals surface area contributed by atoms with Crippen LogP contribution in [0.25, 0.3) is 0 Å². The maximum absolute atomic E-state index is 12.4. The van der Waals surface area contributed by atoms with E-state index >= 15 is 0 Å². The van der Waals surface area contributed by atoms with Crippen molar-refractivity contribution in [2.24, 2.45) is 11.8 Å². The van der Waals surface area contributed by atoms with Gasteiger partial charge in [0, 0.05) is 18.8 Å². The van der Waals surface area contributed by atoms with E-state index in [4.69, 9.17) is 0 Å². The third-order valence-electron chi connectivity index (χ3n) is 4.85. The minimum atomic E-state index is -0.0197. The van der Waals surface area contributed by atoms with Gasteiger partial charge >= 0.3 is 0 Å². The Bertz CT molecular complexity index is 478. The molecule has 3 rings (SSSR count). The van der Waals surface area contributed by atoms with Gasteiger partial charge in [0.05, 0.1) is 5.92 Å². The highest BCUT2D eigenvalue weighted by Gasteiger charge is 2.28. The Morgan fingerprint density at radius 1 is 1.25 bits per heavy atom. The lowest BCUT2D eigenvalue weighted by Crippen LogP contribution is -2.35. The summed E-state index contributed by atoms with van der Waals surface area (Å²) in [5.74, 6) is 1.71. The second-order valence-corrected chi connectivity index (χ2v) is 6.39. The van der Waals surface area contributed by atoms with Crippen LogP contribution >= 0.6 is 0 Å². The molecule has 1 amide bonds. The van der Waals surface area contributed by atoms with Crippen molar-refractivity contribution >= 4 is 11.6 Å². The van der Waals surface area contributed by atoms with Crippen LogP contribution in [0.15, 0.2) is 24.3 Å². The van der Waals surface area contributed by atoms with E-state index in [1.807, 2.05) is 18.2 Å². The Kier molecular flexibility index (Phi) is 3.95. The predicted octanol–water partition coefficient (Wildman–Crippen LogP) is 3.14. The first kappa shape index (κ1) is 13.5. The number of rotatable bonds is 3. The number of carbonyl (C=O) groups excluding carboxylic acids is 1. The number of nitrogens with one attached hydrogen (secondary N) is 2. The number of amides is 1. The molecular weight excluding hydrogens is 248 g/mol. The summed E-state index contributed by atoms with van der Waals surface area (Å²) in [6.07, 6.45) is 5.16. The molecule has 108 valence electrons. The van der Waals surface area contributed by atoms with Crippen LogP contribution in [-0.4, -0.2) is 19.0 Å². The van der Waals surface area contributed by atoms with Crippen molar-refractivity contribution in [1.82, 2.24) is 5.32 Å². The van der Waals surface area contributed by atoms with Gasteiger partial charge in [-0.3, -0.25) is 4.79 Å². The first-order valence-corrected chi connectivity index (χ1v) is 7.84. The summed E-state index contributed by atoms with van der Waals surface area (Å²) in [6.45, 7) is 3.91. The van der Waals surface area contributed by atoms with E-state index in [2.05, 4.69) is 23.6 Å². The van der Waals surface area contributed by atoms with E-state index in [1.165, 1.54) is 25.7 Å². The van der Waals surface area contributed by atoms with E-state index in [0.29, 0.717) is 5.92 Å². The lowest BCUT2D eigenvalue weighted by Gasteiger charge is -2.26. The zero-order valence-electron chi connectivity index (χ0n) is 12.2. The maximum Gasteiger partial charge on any atom is 0.229 e. The van der Waals surface area contributed by atoms with Gasteiger partial charge in [0.15, 0.2) is 0 Å². The van der Waals surface area contributed by atoms with Crippen molar-refractivity contribution in [3.63, 3.8) is 0 Å². The summed E-state index contributed by atoms with van der Waals surface area (Å²) in [6, 6.07) is 8.12. The highest BCUT2D eigenvalue weighted by atomic mass is 16.1. The quantitative estimate of drug-likeness (QED) is 0.887. The summed E-state index contributed by atoms with van der Waals surface area (Å²) in [5, 5.41) is 6.49. The van der Waals surface area contributed by atoms with Gasteiger partial charge < -0.3 is 10.6 Å². The van der Waals surface area contributed by atoms with Gasteiger partial charge in [-0.15, -0.1) is 0 Å². The second-order valence-electron chi connectivity index (χ2n) is 6.39. The number of anilines is 1. The smallest absolute Gasteiger partial charge is 0.229 e. The Labute approximate surface area is 121 Å². The van der Waals surface area contributed by atoms with Gasteiger partial charge in [0.1, 0.15) is 0 Å². The lowest BCUT2D eigenvalue weighted by atomic mass is 9.83. The third-order valence-corrected chi connectivity index (χ3v) is 4.85. The standard InChI is InChI=1S/C17H24N2O/c1-12-6-8-13(9-7-12)10-19-17(20)15-11-18-16-5-3-2-4-14(15)16/h2-5,12-13,15,18H,6-11H2,1H3,(H,19,20). The normalized spacial score (nSPS) is 28.6. The number of hydrogen-bond acceptors (Lipinski definition) is 2. The fourth-order valence-corrected chi connectivity index (χ4v) is 3.42. The number of carbonyl (C=O) groups is 1. The van der Waals surface area contributed by atoms with Crippen LogP contribution in [0.4, 0.5) is 5.69 Å². The van der Waals surface area contributed by atoms with E-state index in [0.717, 1.165) is 30.3 Å². The van der Waals surface area contributed by atoms with Crippen molar-refractivity contribution in [1.29, 1.82) is 0 Å². The molecule has 1 unspecified atom stereocenters. The first-order chi connectivity index (χ1) is 9.74. The summed E-state index contributed by atoms with van der Waals surface area (Å²) in [7, 11) is 0. The molecule has 0 saturated heterocycles. The molecular formula is C17H24N2O. The minimum absolute atomic E-state index is 0.0197. The highest BCUT2D eigenvalue weighted by Crippen LogP contribution is 2.31. The predicted molar refractivity (Wildman–Crippen MR) is 81.8 cm³/mol. The molecule has 0 radical (unpaired) electrons. The Morgan fingerprint density at radius 2 is 2.00 bits per heavy atom. The van der Waals surface area contributed by atoms with E-state index < -0.39 is 0 Å². The van der Waals surface area contributed by atoms with Crippen LogP contribution in [0.5, 0.6) is 0 Å². The molecule has 1 saturated carbocycles. The Morgan fingerprint density at radius 3 is 2.80 bits per heavy atom. The molecule has 2 N–H and O–H groups in total. The molecule has 3 nitrogen and oxygen atoms in total. The van der Waals surface area contributed by atoms with Crippen molar-refractivity contribution < 1.29 is 4.79 Å². The zero-order valence-corrected chi connectivity index (χ0v) is 12.2. The molecule has 1 aromatic rings. The van der Waals surface area contributed by atoms with Crippen LogP contribution in [0.3, 0.4) is 0 Å². The largest absolute Gasteiger partial charge is 0.384 e. The molecule has 1 heterocycles. The van der Waals surface area contributed by atoms with Crippen molar-refractivity contribution in [3.05, 3.63) is 29.8 Å². The minimum Gasteiger partial charge on any atom is -0.384 e. The SMILES string of the molecule is CC1CCC(CNC(=O)C2CNc3ccccc32)CC1. The van der Waals surface area contributed by atoms with E-state index in [-0.39, 0.29) is 11.8 Å². The van der Waals surface area contributed by atoms with Gasteiger partial charge in [-0.05, 0) is 36.3 Å². The molecule has 20 heavy (non-hydrogen) atoms. The van der Waals surface area contributed by atoms with Crippen LogP contribution < -0.4 is 10.6 Å². The number of hydrogen-bond donors (Lipinski definition) is 2. The third kappa shape index (κ3) is 2.82. The van der Waals surface area contributed by atoms with Crippen molar-refractivity contribution in [2.45, 2.75) is 38.5 Å². The van der Waals surface area contributed by atoms with Gasteiger partial charge in [0.25, 0.3) is 0 Å². The fourth-order valence-electron chi connectivity index (χ4n) is 3.42. The van der Waals surface area contributed by atoms with Crippen molar-refractivity contribution in [2.75, 3.05) is 18.4 Å². The molecule has 0 aromatic heterocycles. The Balaban J connectivity index is 1.53. The van der Waals surface area contributed by atoms with Crippen LogP contribution in [0, 0.1) is 11.8 Å². The second kappa shape index (κ2) is 5.86. The summed E-state index contributed by atoms with van der Waals surface area (Å²) in [4.78, 5) is 12.4. The van der Waals surface area contributed by atoms with Gasteiger partial charge in [-0.1, -0.05) is 38.0 Å². The van der Waals surface area contributed by atoms with Gasteiger partial charge in [-0.25, -0.2) is 0 Å². The first-order valence-electron chi connectivity index (χ1n) is 7.84. The van der Waals surface area contributed by atoms with Gasteiger partial charge in [0.2, 0.25) is 5.91 Å². The number of para-hydroxylation sites is 1. The highest BCUT2D eigenvalue weighted by molar-refractivity contribution is 5.88. The average molecular weight is 272 g/mol. The topological polar surface area (TPSA) is 41.1 Å². The number of benzene rings is 1. The molecule has 2 aliphatic rings. The molecule has 0 spiro atoms. The molecule has 1 aliphatic heterocycles. The van der Waals surface area contributed by atoms with Crippen LogP contribution in [-0.2, 0) is 4.79 Å². The monoisotopic (exact) mass is 272 g/mol.